The minimum Gasteiger partial charge on any atom is -0.454 e. The van der Waals surface area contributed by atoms with E-state index in [1.807, 2.05) is 30.5 Å². The fourth-order valence-corrected chi connectivity index (χ4v) is 8.20. The Morgan fingerprint density at radius 1 is 0.611 bits per heavy atom. The molecule has 5 heteroatoms. The van der Waals surface area contributed by atoms with Gasteiger partial charge in [-0.05, 0) is 77.7 Å². The SMILES string of the molecule is C1=CC2=CC=C(c3nc(-c4ccccc4)cc(-c4cc(-c5ccnc6c5oc5ccccc56)cc(-n5c6ccccc6c6ccccc65)c4)n3)CC2C=C1. The maximum absolute atomic E-state index is 6.56. The van der Waals surface area contributed by atoms with Gasteiger partial charge in [-0.2, -0.15) is 0 Å². The van der Waals surface area contributed by atoms with Crippen LogP contribution in [0.25, 0.3) is 88.8 Å². The van der Waals surface area contributed by atoms with Crippen LogP contribution in [0.2, 0.25) is 0 Å². The number of hydrogen-bond donors (Lipinski definition) is 0. The molecule has 0 N–H and O–H groups in total. The topological polar surface area (TPSA) is 56.7 Å². The van der Waals surface area contributed by atoms with Crippen molar-refractivity contribution in [2.75, 3.05) is 0 Å². The summed E-state index contributed by atoms with van der Waals surface area (Å²) in [6, 6.07) is 46.7. The number of aromatic nitrogens is 4. The van der Waals surface area contributed by atoms with Crippen molar-refractivity contribution in [3.8, 4) is 39.3 Å². The Morgan fingerprint density at radius 3 is 2.13 bits per heavy atom. The van der Waals surface area contributed by atoms with Crippen molar-refractivity contribution in [2.24, 2.45) is 5.92 Å². The molecule has 9 aromatic rings. The van der Waals surface area contributed by atoms with Gasteiger partial charge in [0, 0.05) is 50.7 Å². The number of furan rings is 1. The normalized spacial score (nSPS) is 15.2. The lowest BCUT2D eigenvalue weighted by Crippen LogP contribution is -2.09. The van der Waals surface area contributed by atoms with E-state index < -0.39 is 0 Å². The second-order valence-corrected chi connectivity index (χ2v) is 14.0. The predicted octanol–water partition coefficient (Wildman–Crippen LogP) is 12.3. The molecule has 1 unspecified atom stereocenters. The Labute approximate surface area is 311 Å². The first-order valence-corrected chi connectivity index (χ1v) is 18.4. The molecular formula is C49H32N4O. The lowest BCUT2D eigenvalue weighted by Gasteiger charge is -2.22. The van der Waals surface area contributed by atoms with Gasteiger partial charge < -0.3 is 8.98 Å². The zero-order chi connectivity index (χ0) is 35.6. The fourth-order valence-electron chi connectivity index (χ4n) is 8.20. The molecule has 0 aliphatic heterocycles. The van der Waals surface area contributed by atoms with Gasteiger partial charge in [0.05, 0.1) is 22.4 Å². The van der Waals surface area contributed by atoms with Gasteiger partial charge >= 0.3 is 0 Å². The fraction of sp³-hybridized carbons (Fsp3) is 0.0408. The van der Waals surface area contributed by atoms with Crippen LogP contribution < -0.4 is 0 Å². The minimum absolute atomic E-state index is 0.311. The Hall–Kier alpha value is -7.11. The van der Waals surface area contributed by atoms with Gasteiger partial charge in [-0.3, -0.25) is 4.98 Å². The molecule has 2 aliphatic carbocycles. The van der Waals surface area contributed by atoms with E-state index in [2.05, 4.69) is 150 Å². The number of benzene rings is 5. The second-order valence-electron chi connectivity index (χ2n) is 14.0. The summed E-state index contributed by atoms with van der Waals surface area (Å²) >= 11 is 0. The Kier molecular flexibility index (Phi) is 6.92. The molecule has 5 nitrogen and oxygen atoms in total. The van der Waals surface area contributed by atoms with E-state index in [-0.39, 0.29) is 0 Å². The van der Waals surface area contributed by atoms with Crippen molar-refractivity contribution in [2.45, 2.75) is 6.42 Å². The molecule has 0 saturated heterocycles. The summed E-state index contributed by atoms with van der Waals surface area (Å²) in [4.78, 5) is 15.4. The number of allylic oxidation sites excluding steroid dienone is 8. The van der Waals surface area contributed by atoms with Crippen LogP contribution in [0.3, 0.4) is 0 Å². The first-order valence-electron chi connectivity index (χ1n) is 18.4. The van der Waals surface area contributed by atoms with Crippen LogP contribution in [0.5, 0.6) is 0 Å². The van der Waals surface area contributed by atoms with Crippen molar-refractivity contribution in [1.82, 2.24) is 19.5 Å². The maximum Gasteiger partial charge on any atom is 0.161 e. The maximum atomic E-state index is 6.56. The molecular weight excluding hydrogens is 661 g/mol. The summed E-state index contributed by atoms with van der Waals surface area (Å²) in [5, 5.41) is 3.42. The van der Waals surface area contributed by atoms with Crippen LogP contribution in [0, 0.1) is 5.92 Å². The smallest absolute Gasteiger partial charge is 0.161 e. The molecule has 4 heterocycles. The Bertz CT molecular complexity index is 3030. The van der Waals surface area contributed by atoms with E-state index in [0.29, 0.717) is 5.92 Å². The third kappa shape index (κ3) is 4.97. The molecule has 254 valence electrons. The van der Waals surface area contributed by atoms with Gasteiger partial charge in [-0.25, -0.2) is 9.97 Å². The average molecular weight is 693 g/mol. The molecule has 4 aromatic heterocycles. The van der Waals surface area contributed by atoms with Gasteiger partial charge in [0.15, 0.2) is 11.4 Å². The summed E-state index contributed by atoms with van der Waals surface area (Å²) in [7, 11) is 0. The average Bonchev–Trinajstić information content (AvgIpc) is 3.80. The lowest BCUT2D eigenvalue weighted by atomic mass is 9.84. The quantitative estimate of drug-likeness (QED) is 0.180. The lowest BCUT2D eigenvalue weighted by molar-refractivity contribution is 0.669. The van der Waals surface area contributed by atoms with E-state index in [1.165, 1.54) is 16.3 Å². The molecule has 0 spiro atoms. The molecule has 1 atom stereocenters. The van der Waals surface area contributed by atoms with E-state index >= 15 is 0 Å². The highest BCUT2D eigenvalue weighted by Gasteiger charge is 2.22. The highest BCUT2D eigenvalue weighted by atomic mass is 16.3. The Balaban J connectivity index is 1.19. The number of nitrogens with zero attached hydrogens (tertiary/aromatic N) is 4. The van der Waals surface area contributed by atoms with E-state index in [9.17, 15) is 0 Å². The van der Waals surface area contributed by atoms with Crippen molar-refractivity contribution < 1.29 is 4.42 Å². The first kappa shape index (κ1) is 30.5. The number of fused-ring (bicyclic) bond motifs is 7. The standard InChI is InChI=1S/C49H32N4O/c1-2-13-32(14-3-1)42-30-43(52-49(51-42)34-23-22-31-12-4-5-15-33(31)26-34)36-27-35(38-24-25-50-47-41-18-8-11-21-46(41)54-48(38)47)28-37(29-36)53-44-19-9-6-16-39(44)40-17-7-10-20-45(40)53/h1-25,27-30,33H,26H2. The van der Waals surface area contributed by atoms with Gasteiger partial charge in [0.1, 0.15) is 11.1 Å². The van der Waals surface area contributed by atoms with Gasteiger partial charge in [0.25, 0.3) is 0 Å². The molecule has 0 fully saturated rings. The highest BCUT2D eigenvalue weighted by molar-refractivity contribution is 6.10. The molecule has 0 bridgehead atoms. The largest absolute Gasteiger partial charge is 0.454 e. The van der Waals surface area contributed by atoms with Crippen LogP contribution in [-0.4, -0.2) is 19.5 Å². The monoisotopic (exact) mass is 692 g/mol. The van der Waals surface area contributed by atoms with Crippen LogP contribution in [0.1, 0.15) is 12.2 Å². The number of rotatable bonds is 5. The number of pyridine rings is 1. The van der Waals surface area contributed by atoms with E-state index in [0.717, 1.165) is 90.2 Å². The Morgan fingerprint density at radius 2 is 1.31 bits per heavy atom. The zero-order valence-corrected chi connectivity index (χ0v) is 29.2. The third-order valence-electron chi connectivity index (χ3n) is 10.8. The number of para-hydroxylation sites is 3. The molecule has 0 radical (unpaired) electrons. The van der Waals surface area contributed by atoms with E-state index in [4.69, 9.17) is 19.4 Å². The van der Waals surface area contributed by atoms with Gasteiger partial charge in [-0.15, -0.1) is 0 Å². The summed E-state index contributed by atoms with van der Waals surface area (Å²) in [6.07, 6.45) is 15.9. The summed E-state index contributed by atoms with van der Waals surface area (Å²) < 4.78 is 8.92. The zero-order valence-electron chi connectivity index (χ0n) is 29.2. The predicted molar refractivity (Wildman–Crippen MR) is 220 cm³/mol. The van der Waals surface area contributed by atoms with Gasteiger partial charge in [0.2, 0.25) is 0 Å². The van der Waals surface area contributed by atoms with Crippen molar-refractivity contribution in [3.05, 3.63) is 188 Å². The van der Waals surface area contributed by atoms with Crippen molar-refractivity contribution >= 4 is 49.4 Å². The van der Waals surface area contributed by atoms with Crippen LogP contribution in [0.4, 0.5) is 0 Å². The summed E-state index contributed by atoms with van der Waals surface area (Å²) in [6.45, 7) is 0. The number of hydrogen-bond acceptors (Lipinski definition) is 4. The molecule has 5 aromatic carbocycles. The first-order chi connectivity index (χ1) is 26.7. The minimum atomic E-state index is 0.311. The molecule has 0 amide bonds. The van der Waals surface area contributed by atoms with Gasteiger partial charge in [-0.1, -0.05) is 115 Å². The van der Waals surface area contributed by atoms with Crippen molar-refractivity contribution in [1.29, 1.82) is 0 Å². The molecule has 2 aliphatic rings. The summed E-state index contributed by atoms with van der Waals surface area (Å²) in [5.41, 5.74) is 14.0. The molecule has 11 rings (SSSR count). The third-order valence-corrected chi connectivity index (χ3v) is 10.8. The highest BCUT2D eigenvalue weighted by Crippen LogP contribution is 2.40. The van der Waals surface area contributed by atoms with Crippen LogP contribution in [-0.2, 0) is 0 Å². The molecule has 54 heavy (non-hydrogen) atoms. The molecule has 0 saturated carbocycles. The second kappa shape index (κ2) is 12.2. The van der Waals surface area contributed by atoms with E-state index in [1.54, 1.807) is 0 Å². The van der Waals surface area contributed by atoms with Crippen LogP contribution >= 0.6 is 0 Å². The van der Waals surface area contributed by atoms with Crippen molar-refractivity contribution in [3.63, 3.8) is 0 Å². The van der Waals surface area contributed by atoms with Crippen LogP contribution in [0.15, 0.2) is 186 Å². The summed E-state index contributed by atoms with van der Waals surface area (Å²) in [5.74, 6) is 1.06.